The van der Waals surface area contributed by atoms with E-state index in [1.165, 1.54) is 0 Å². The number of carbonyl (C=O) groups is 3. The number of nitrogens with one attached hydrogen (secondary N) is 2. The maximum Gasteiger partial charge on any atom is 0.276 e. The lowest BCUT2D eigenvalue weighted by Crippen LogP contribution is -2.37. The van der Waals surface area contributed by atoms with Crippen LogP contribution in [-0.2, 0) is 36.1 Å². The van der Waals surface area contributed by atoms with Crippen LogP contribution in [0.5, 0.6) is 0 Å². The molecule has 1 aliphatic rings. The lowest BCUT2D eigenvalue weighted by atomic mass is 10.0. The zero-order valence-corrected chi connectivity index (χ0v) is 18.5. The third-order valence-corrected chi connectivity index (χ3v) is 5.65. The Bertz CT molecular complexity index is 1140. The molecule has 170 valence electrons. The van der Waals surface area contributed by atoms with Crippen molar-refractivity contribution in [1.82, 2.24) is 25.0 Å². The van der Waals surface area contributed by atoms with Gasteiger partial charge >= 0.3 is 0 Å². The topological polar surface area (TPSA) is 109 Å². The van der Waals surface area contributed by atoms with Gasteiger partial charge in [-0.15, -0.1) is 0 Å². The molecule has 0 fully saturated rings. The van der Waals surface area contributed by atoms with Crippen LogP contribution in [-0.4, -0.2) is 43.9 Å². The molecule has 33 heavy (non-hydrogen) atoms. The minimum absolute atomic E-state index is 0.113. The summed E-state index contributed by atoms with van der Waals surface area (Å²) in [6, 6.07) is 12.8. The van der Waals surface area contributed by atoms with Crippen LogP contribution in [0.15, 0.2) is 54.9 Å². The average Bonchev–Trinajstić information content (AvgIpc) is 3.18. The first-order chi connectivity index (χ1) is 16.0. The lowest BCUT2D eigenvalue weighted by Gasteiger charge is -2.27. The molecule has 2 N–H and O–H groups in total. The van der Waals surface area contributed by atoms with Crippen molar-refractivity contribution >= 4 is 23.4 Å². The van der Waals surface area contributed by atoms with Crippen molar-refractivity contribution in [2.75, 3.05) is 11.9 Å². The van der Waals surface area contributed by atoms with Gasteiger partial charge in [0, 0.05) is 75.3 Å². The summed E-state index contributed by atoms with van der Waals surface area (Å²) in [4.78, 5) is 43.4. The number of hydrogen-bond donors (Lipinski definition) is 2. The summed E-state index contributed by atoms with van der Waals surface area (Å²) in [5.41, 5.74) is 3.67. The molecule has 0 unspecified atom stereocenters. The van der Waals surface area contributed by atoms with E-state index in [0.717, 1.165) is 16.8 Å². The maximum absolute atomic E-state index is 12.8. The molecule has 3 amide bonds. The molecule has 0 atom stereocenters. The molecule has 3 heterocycles. The monoisotopic (exact) mass is 446 g/mol. The highest BCUT2D eigenvalue weighted by Crippen LogP contribution is 2.24. The summed E-state index contributed by atoms with van der Waals surface area (Å²) in [6.07, 6.45) is 4.17. The average molecular weight is 447 g/mol. The van der Waals surface area contributed by atoms with Crippen molar-refractivity contribution in [3.63, 3.8) is 0 Å². The number of amides is 3. The first-order valence-electron chi connectivity index (χ1n) is 10.9. The van der Waals surface area contributed by atoms with Crippen LogP contribution < -0.4 is 10.6 Å². The second-order valence-corrected chi connectivity index (χ2v) is 7.92. The number of pyridine rings is 1. The van der Waals surface area contributed by atoms with Gasteiger partial charge in [-0.3, -0.25) is 24.0 Å². The van der Waals surface area contributed by atoms with E-state index in [9.17, 15) is 14.4 Å². The second-order valence-electron chi connectivity index (χ2n) is 7.92. The summed E-state index contributed by atoms with van der Waals surface area (Å²) < 4.78 is 1.71. The molecule has 9 nitrogen and oxygen atoms in total. The molecular formula is C24H26N6O3. The number of anilines is 1. The highest BCUT2D eigenvalue weighted by Gasteiger charge is 2.29. The van der Waals surface area contributed by atoms with Crippen molar-refractivity contribution < 1.29 is 14.4 Å². The summed E-state index contributed by atoms with van der Waals surface area (Å²) >= 11 is 0. The Morgan fingerprint density at radius 3 is 2.55 bits per heavy atom. The predicted octanol–water partition coefficient (Wildman–Crippen LogP) is 2.05. The van der Waals surface area contributed by atoms with E-state index in [-0.39, 0.29) is 30.6 Å². The van der Waals surface area contributed by atoms with Gasteiger partial charge in [0.25, 0.3) is 5.91 Å². The van der Waals surface area contributed by atoms with Crippen LogP contribution in [0.25, 0.3) is 0 Å². The summed E-state index contributed by atoms with van der Waals surface area (Å²) in [5, 5.41) is 10.1. The highest BCUT2D eigenvalue weighted by molar-refractivity contribution is 6.04. The summed E-state index contributed by atoms with van der Waals surface area (Å²) in [5.74, 6) is -0.594. The number of nitrogens with zero attached hydrogens (tertiary/aromatic N) is 4. The van der Waals surface area contributed by atoms with Crippen molar-refractivity contribution in [2.45, 2.75) is 32.4 Å². The van der Waals surface area contributed by atoms with Crippen LogP contribution in [0.2, 0.25) is 0 Å². The summed E-state index contributed by atoms with van der Waals surface area (Å²) in [6.45, 7) is 1.24. The van der Waals surface area contributed by atoms with Gasteiger partial charge in [0.15, 0.2) is 5.69 Å². The number of rotatable bonds is 7. The van der Waals surface area contributed by atoms with Gasteiger partial charge in [-0.2, -0.15) is 5.10 Å². The van der Waals surface area contributed by atoms with Gasteiger partial charge in [-0.25, -0.2) is 0 Å². The number of aromatic nitrogens is 3. The zero-order chi connectivity index (χ0) is 23.2. The fourth-order valence-electron chi connectivity index (χ4n) is 3.87. The van der Waals surface area contributed by atoms with Gasteiger partial charge in [0.1, 0.15) is 0 Å². The first-order valence-corrected chi connectivity index (χ1v) is 10.9. The predicted molar refractivity (Wildman–Crippen MR) is 122 cm³/mol. The van der Waals surface area contributed by atoms with E-state index in [1.54, 1.807) is 22.0 Å². The molecule has 0 bridgehead atoms. The summed E-state index contributed by atoms with van der Waals surface area (Å²) in [7, 11) is 1.81. The van der Waals surface area contributed by atoms with E-state index >= 15 is 0 Å². The zero-order valence-electron chi connectivity index (χ0n) is 18.5. The Labute approximate surface area is 191 Å². The van der Waals surface area contributed by atoms with Gasteiger partial charge in [-0.1, -0.05) is 18.2 Å². The molecule has 1 aromatic carbocycles. The Balaban J connectivity index is 1.34. The first kappa shape index (κ1) is 22.2. The number of carbonyl (C=O) groups excluding carboxylic acids is 3. The number of hydrogen-bond acceptors (Lipinski definition) is 5. The molecule has 9 heteroatoms. The second kappa shape index (κ2) is 10.1. The fraction of sp³-hybridized carbons (Fsp3) is 0.292. The molecule has 0 saturated carbocycles. The smallest absolute Gasteiger partial charge is 0.276 e. The van der Waals surface area contributed by atoms with Gasteiger partial charge in [0.2, 0.25) is 11.8 Å². The van der Waals surface area contributed by atoms with Gasteiger partial charge in [-0.05, 0) is 29.8 Å². The molecule has 1 aliphatic heterocycles. The van der Waals surface area contributed by atoms with E-state index < -0.39 is 0 Å². The van der Waals surface area contributed by atoms with E-state index in [1.807, 2.05) is 49.5 Å². The maximum atomic E-state index is 12.8. The molecule has 4 rings (SSSR count). The highest BCUT2D eigenvalue weighted by atomic mass is 16.2. The molecular weight excluding hydrogens is 420 g/mol. The molecule has 0 spiro atoms. The Hall–Kier alpha value is -4.01. The van der Waals surface area contributed by atoms with Crippen molar-refractivity contribution in [3.05, 3.63) is 77.4 Å². The normalized spacial score (nSPS) is 12.7. The van der Waals surface area contributed by atoms with Crippen molar-refractivity contribution in [2.24, 2.45) is 7.05 Å². The van der Waals surface area contributed by atoms with Crippen molar-refractivity contribution in [1.29, 1.82) is 0 Å². The lowest BCUT2D eigenvalue weighted by molar-refractivity contribution is -0.134. The van der Waals surface area contributed by atoms with Crippen LogP contribution in [0.1, 0.15) is 40.2 Å². The molecule has 2 aromatic heterocycles. The Kier molecular flexibility index (Phi) is 6.77. The Morgan fingerprint density at radius 1 is 1.03 bits per heavy atom. The quantitative estimate of drug-likeness (QED) is 0.577. The largest absolute Gasteiger partial charge is 0.352 e. The standard InChI is InChI=1S/C24H26N6O3/c1-29-20-11-14-30(22(32)8-7-21(31)26-15-17-9-12-25-13-10-17)16-19(20)23(28-29)24(33)27-18-5-3-2-4-6-18/h2-6,9-10,12-13H,7-8,11,14-16H2,1H3,(H,26,31)(H,27,33). The van der Waals surface area contributed by atoms with Gasteiger partial charge < -0.3 is 15.5 Å². The SMILES string of the molecule is Cn1nc(C(=O)Nc2ccccc2)c2c1CCN(C(=O)CCC(=O)NCc1ccncc1)C2. The van der Waals surface area contributed by atoms with Crippen LogP contribution in [0.4, 0.5) is 5.69 Å². The Morgan fingerprint density at radius 2 is 1.79 bits per heavy atom. The third kappa shape index (κ3) is 5.43. The van der Waals surface area contributed by atoms with Crippen LogP contribution in [0.3, 0.4) is 0 Å². The minimum Gasteiger partial charge on any atom is -0.352 e. The third-order valence-electron chi connectivity index (χ3n) is 5.65. The molecule has 3 aromatic rings. The van der Waals surface area contributed by atoms with Crippen LogP contribution >= 0.6 is 0 Å². The number of aryl methyl sites for hydroxylation is 1. The number of para-hydroxylation sites is 1. The van der Waals surface area contributed by atoms with Gasteiger partial charge in [0.05, 0.1) is 0 Å². The van der Waals surface area contributed by atoms with Crippen molar-refractivity contribution in [3.8, 4) is 0 Å². The fourth-order valence-corrected chi connectivity index (χ4v) is 3.87. The number of benzene rings is 1. The molecule has 0 radical (unpaired) electrons. The van der Waals surface area contributed by atoms with E-state index in [4.69, 9.17) is 0 Å². The minimum atomic E-state index is -0.303. The molecule has 0 saturated heterocycles. The van der Waals surface area contributed by atoms with Crippen LogP contribution in [0, 0.1) is 0 Å². The van der Waals surface area contributed by atoms with E-state index in [0.29, 0.717) is 37.4 Å². The van der Waals surface area contributed by atoms with E-state index in [2.05, 4.69) is 20.7 Å². The molecule has 0 aliphatic carbocycles. The number of fused-ring (bicyclic) bond motifs is 1.